The van der Waals surface area contributed by atoms with Gasteiger partial charge in [-0.15, -0.1) is 0 Å². The van der Waals surface area contributed by atoms with Crippen LogP contribution >= 0.6 is 0 Å². The Morgan fingerprint density at radius 1 is 1.48 bits per heavy atom. The van der Waals surface area contributed by atoms with Crippen molar-refractivity contribution in [3.63, 3.8) is 0 Å². The van der Waals surface area contributed by atoms with Crippen molar-refractivity contribution in [2.45, 2.75) is 25.9 Å². The third-order valence-electron chi connectivity index (χ3n) is 2.56. The van der Waals surface area contributed by atoms with Gasteiger partial charge >= 0.3 is 18.0 Å². The predicted octanol–water partition coefficient (Wildman–Crippen LogP) is -0.729. The highest BCUT2D eigenvalue weighted by molar-refractivity contribution is 5.86. The number of methoxy groups -OCH3 is 1. The lowest BCUT2D eigenvalue weighted by atomic mass is 10.2. The van der Waals surface area contributed by atoms with Crippen LogP contribution in [0.15, 0.2) is 0 Å². The van der Waals surface area contributed by atoms with Crippen LogP contribution in [0.2, 0.25) is 0 Å². The summed E-state index contributed by atoms with van der Waals surface area (Å²) in [6.45, 7) is 1.81. The molecule has 116 valence electrons. The van der Waals surface area contributed by atoms with Gasteiger partial charge in [0.05, 0.1) is 20.1 Å². The van der Waals surface area contributed by atoms with Crippen LogP contribution in [-0.4, -0.2) is 63.4 Å². The van der Waals surface area contributed by atoms with E-state index in [1.165, 1.54) is 11.9 Å². The standard InChI is InChI=1S/C11H17N5O5/c1-6-12-8(15-14-6)5-16(2)11(20)13-7(10(18)19)4-9(17)21-3/h7H,4-5H2,1-3H3,(H,13,20)(H,18,19)(H,12,14,15)/t7-/m0/s1. The zero-order chi connectivity index (χ0) is 16.0. The number of aromatic nitrogens is 3. The first-order valence-electron chi connectivity index (χ1n) is 6.02. The number of aliphatic carboxylic acids is 1. The predicted molar refractivity (Wildman–Crippen MR) is 69.2 cm³/mol. The number of ether oxygens (including phenoxy) is 1. The maximum absolute atomic E-state index is 11.9. The lowest BCUT2D eigenvalue weighted by Gasteiger charge is -2.19. The van der Waals surface area contributed by atoms with E-state index in [9.17, 15) is 14.4 Å². The second-order valence-electron chi connectivity index (χ2n) is 4.31. The summed E-state index contributed by atoms with van der Waals surface area (Å²) in [6, 6.07) is -2.02. The van der Waals surface area contributed by atoms with Gasteiger partial charge in [0.1, 0.15) is 11.9 Å². The van der Waals surface area contributed by atoms with Crippen molar-refractivity contribution < 1.29 is 24.2 Å². The first-order chi connectivity index (χ1) is 9.83. The van der Waals surface area contributed by atoms with E-state index >= 15 is 0 Å². The highest BCUT2D eigenvalue weighted by atomic mass is 16.5. The number of nitrogens with one attached hydrogen (secondary N) is 2. The van der Waals surface area contributed by atoms with Crippen molar-refractivity contribution in [2.24, 2.45) is 0 Å². The molecule has 0 aromatic carbocycles. The van der Waals surface area contributed by atoms with Crippen LogP contribution in [0.5, 0.6) is 0 Å². The van der Waals surface area contributed by atoms with Gasteiger partial charge in [-0.3, -0.25) is 9.89 Å². The molecule has 1 aromatic heterocycles. The highest BCUT2D eigenvalue weighted by Gasteiger charge is 2.25. The SMILES string of the molecule is COC(=O)C[C@H](NC(=O)N(C)Cc1n[nH]c(C)n1)C(=O)O. The Bertz CT molecular complexity index is 529. The Labute approximate surface area is 120 Å². The molecule has 0 fully saturated rings. The summed E-state index contributed by atoms with van der Waals surface area (Å²) in [5.74, 6) is -1.05. The zero-order valence-corrected chi connectivity index (χ0v) is 11.9. The van der Waals surface area contributed by atoms with Crippen molar-refractivity contribution in [3.8, 4) is 0 Å². The van der Waals surface area contributed by atoms with Crippen molar-refractivity contribution >= 4 is 18.0 Å². The van der Waals surface area contributed by atoms with E-state index in [0.717, 1.165) is 7.11 Å². The molecule has 1 rings (SSSR count). The highest BCUT2D eigenvalue weighted by Crippen LogP contribution is 2.00. The molecule has 0 spiro atoms. The summed E-state index contributed by atoms with van der Waals surface area (Å²) in [5, 5.41) is 17.7. The molecule has 2 amide bonds. The Kier molecular flexibility index (Phi) is 5.64. The number of H-pyrrole nitrogens is 1. The van der Waals surface area contributed by atoms with Crippen molar-refractivity contribution in [3.05, 3.63) is 11.6 Å². The van der Waals surface area contributed by atoms with E-state index in [1.807, 2.05) is 0 Å². The molecule has 1 aromatic rings. The number of hydrogen-bond acceptors (Lipinski definition) is 6. The number of carboxylic acids is 1. The van der Waals surface area contributed by atoms with E-state index in [4.69, 9.17) is 5.11 Å². The fourth-order valence-electron chi connectivity index (χ4n) is 1.45. The van der Waals surface area contributed by atoms with Crippen LogP contribution in [0.3, 0.4) is 0 Å². The number of carbonyl (C=O) groups excluding carboxylic acids is 2. The summed E-state index contributed by atoms with van der Waals surface area (Å²) in [6.07, 6.45) is -0.453. The quantitative estimate of drug-likeness (QED) is 0.589. The Morgan fingerprint density at radius 3 is 2.62 bits per heavy atom. The molecule has 0 bridgehead atoms. The summed E-state index contributed by atoms with van der Waals surface area (Å²) in [5.41, 5.74) is 0. The zero-order valence-electron chi connectivity index (χ0n) is 11.9. The normalized spacial score (nSPS) is 11.6. The van der Waals surface area contributed by atoms with Crippen LogP contribution in [0.1, 0.15) is 18.1 Å². The molecule has 0 unspecified atom stereocenters. The minimum atomic E-state index is -1.36. The summed E-state index contributed by atoms with van der Waals surface area (Å²) < 4.78 is 4.38. The molecule has 10 heteroatoms. The fourth-order valence-corrected chi connectivity index (χ4v) is 1.45. The average Bonchev–Trinajstić information content (AvgIpc) is 2.82. The number of hydrogen-bond donors (Lipinski definition) is 3. The third-order valence-corrected chi connectivity index (χ3v) is 2.56. The van der Waals surface area contributed by atoms with Gasteiger partial charge < -0.3 is 20.1 Å². The monoisotopic (exact) mass is 299 g/mol. The van der Waals surface area contributed by atoms with Crippen molar-refractivity contribution in [1.29, 1.82) is 0 Å². The van der Waals surface area contributed by atoms with Gasteiger partial charge in [0, 0.05) is 7.05 Å². The first kappa shape index (κ1) is 16.4. The number of aryl methyl sites for hydroxylation is 1. The minimum Gasteiger partial charge on any atom is -0.480 e. The van der Waals surface area contributed by atoms with E-state index in [2.05, 4.69) is 25.2 Å². The molecular weight excluding hydrogens is 282 g/mol. The maximum atomic E-state index is 11.9. The molecule has 0 aliphatic rings. The van der Waals surface area contributed by atoms with E-state index in [0.29, 0.717) is 11.6 Å². The fraction of sp³-hybridized carbons (Fsp3) is 0.545. The molecule has 10 nitrogen and oxygen atoms in total. The number of nitrogens with zero attached hydrogens (tertiary/aromatic N) is 3. The van der Waals surface area contributed by atoms with Gasteiger partial charge in [-0.2, -0.15) is 5.10 Å². The second kappa shape index (κ2) is 7.22. The summed E-state index contributed by atoms with van der Waals surface area (Å²) in [4.78, 5) is 39.2. The number of rotatable bonds is 6. The largest absolute Gasteiger partial charge is 0.480 e. The van der Waals surface area contributed by atoms with E-state index < -0.39 is 30.4 Å². The van der Waals surface area contributed by atoms with Crippen LogP contribution in [0.4, 0.5) is 4.79 Å². The average molecular weight is 299 g/mol. The molecule has 0 saturated heterocycles. The molecule has 1 atom stereocenters. The number of carboxylic acid groups (broad SMARTS) is 1. The van der Waals surface area contributed by atoms with Crippen molar-refractivity contribution in [2.75, 3.05) is 14.2 Å². The number of amides is 2. The minimum absolute atomic E-state index is 0.0980. The van der Waals surface area contributed by atoms with Gasteiger partial charge in [-0.05, 0) is 6.92 Å². The molecular formula is C11H17N5O5. The second-order valence-corrected chi connectivity index (χ2v) is 4.31. The maximum Gasteiger partial charge on any atom is 0.326 e. The molecule has 0 radical (unpaired) electrons. The van der Waals surface area contributed by atoms with Gasteiger partial charge in [-0.1, -0.05) is 0 Å². The Morgan fingerprint density at radius 2 is 2.14 bits per heavy atom. The molecule has 3 N–H and O–H groups in total. The summed E-state index contributed by atoms with van der Waals surface area (Å²) >= 11 is 0. The van der Waals surface area contributed by atoms with Crippen LogP contribution in [-0.2, 0) is 20.9 Å². The number of carbonyl (C=O) groups is 3. The van der Waals surface area contributed by atoms with Gasteiger partial charge in [0.25, 0.3) is 0 Å². The van der Waals surface area contributed by atoms with Crippen molar-refractivity contribution in [1.82, 2.24) is 25.4 Å². The lowest BCUT2D eigenvalue weighted by molar-refractivity contribution is -0.147. The molecule has 21 heavy (non-hydrogen) atoms. The Balaban J connectivity index is 2.59. The third kappa shape index (κ3) is 5.09. The Hall–Kier alpha value is -2.65. The number of aromatic amines is 1. The molecule has 0 aliphatic heterocycles. The summed E-state index contributed by atoms with van der Waals surface area (Å²) in [7, 11) is 2.60. The van der Waals surface area contributed by atoms with Gasteiger partial charge in [0.15, 0.2) is 5.82 Å². The number of esters is 1. The van der Waals surface area contributed by atoms with Gasteiger partial charge in [0.2, 0.25) is 0 Å². The van der Waals surface area contributed by atoms with Crippen LogP contribution < -0.4 is 5.32 Å². The van der Waals surface area contributed by atoms with E-state index in [1.54, 1.807) is 6.92 Å². The topological polar surface area (TPSA) is 138 Å². The van der Waals surface area contributed by atoms with Gasteiger partial charge in [-0.25, -0.2) is 14.6 Å². The lowest BCUT2D eigenvalue weighted by Crippen LogP contribution is -2.47. The first-order valence-corrected chi connectivity index (χ1v) is 6.02. The van der Waals surface area contributed by atoms with E-state index in [-0.39, 0.29) is 6.54 Å². The molecule has 1 heterocycles. The van der Waals surface area contributed by atoms with Crippen LogP contribution in [0, 0.1) is 6.92 Å². The smallest absolute Gasteiger partial charge is 0.326 e. The molecule has 0 saturated carbocycles. The number of urea groups is 1. The molecule has 0 aliphatic carbocycles. The van der Waals surface area contributed by atoms with Crippen LogP contribution in [0.25, 0.3) is 0 Å².